The van der Waals surface area contributed by atoms with Crippen LogP contribution in [0.4, 0.5) is 0 Å². The first-order valence-electron chi connectivity index (χ1n) is 8.59. The van der Waals surface area contributed by atoms with Crippen molar-refractivity contribution in [2.45, 2.75) is 52.5 Å². The monoisotopic (exact) mass is 353 g/mol. The second kappa shape index (κ2) is 6.61. The highest BCUT2D eigenvalue weighted by atomic mass is 32.1. The Morgan fingerprint density at radius 2 is 1.96 bits per heavy atom. The molecule has 1 aromatic heterocycles. The Hall–Kier alpha value is -2.19. The molecule has 5 heteroatoms. The molecule has 0 atom stereocenters. The predicted molar refractivity (Wildman–Crippen MR) is 99.5 cm³/mol. The third-order valence-electron chi connectivity index (χ3n) is 4.43. The van der Waals surface area contributed by atoms with Crippen molar-refractivity contribution in [3.05, 3.63) is 50.8 Å². The van der Waals surface area contributed by atoms with Gasteiger partial charge in [-0.15, -0.1) is 11.3 Å². The largest absolute Gasteiger partial charge is 0.320 e. The van der Waals surface area contributed by atoms with Crippen molar-refractivity contribution in [3.63, 3.8) is 0 Å². The molecule has 1 aliphatic rings. The summed E-state index contributed by atoms with van der Waals surface area (Å²) in [6, 6.07) is 8.71. The van der Waals surface area contributed by atoms with Gasteiger partial charge < -0.3 is 4.57 Å². The summed E-state index contributed by atoms with van der Waals surface area (Å²) in [5, 5.41) is 8.88. The number of nitrogens with zero attached hydrogens (tertiary/aromatic N) is 3. The zero-order valence-electron chi connectivity index (χ0n) is 15.2. The summed E-state index contributed by atoms with van der Waals surface area (Å²) in [5.41, 5.74) is 2.31. The van der Waals surface area contributed by atoms with E-state index in [9.17, 15) is 4.79 Å². The molecule has 0 unspecified atom stereocenters. The Bertz CT molecular complexity index is 900. The van der Waals surface area contributed by atoms with Crippen molar-refractivity contribution in [1.29, 1.82) is 5.26 Å². The minimum atomic E-state index is -0.254. The van der Waals surface area contributed by atoms with Crippen LogP contribution < -0.4 is 4.80 Å². The molecular formula is C20H23N3OS. The topological polar surface area (TPSA) is 58.1 Å². The van der Waals surface area contributed by atoms with Gasteiger partial charge in [-0.2, -0.15) is 10.3 Å². The van der Waals surface area contributed by atoms with Gasteiger partial charge in [-0.1, -0.05) is 20.8 Å². The number of carbonyl (C=O) groups excluding carboxylic acids is 1. The lowest BCUT2D eigenvalue weighted by Crippen LogP contribution is -2.19. The van der Waals surface area contributed by atoms with E-state index in [-0.39, 0.29) is 11.3 Å². The number of hydrogen-bond acceptors (Lipinski definition) is 3. The van der Waals surface area contributed by atoms with E-state index in [1.165, 1.54) is 23.4 Å². The number of benzene rings is 1. The summed E-state index contributed by atoms with van der Waals surface area (Å²) < 4.78 is 2.21. The van der Waals surface area contributed by atoms with E-state index < -0.39 is 0 Å². The van der Waals surface area contributed by atoms with Crippen molar-refractivity contribution >= 4 is 17.2 Å². The van der Waals surface area contributed by atoms with Crippen molar-refractivity contribution in [2.24, 2.45) is 10.9 Å². The third kappa shape index (κ3) is 3.91. The van der Waals surface area contributed by atoms with Crippen LogP contribution in [0.15, 0.2) is 29.3 Å². The van der Waals surface area contributed by atoms with Crippen LogP contribution in [0.1, 0.15) is 60.1 Å². The number of amides is 1. The molecule has 3 rings (SSSR count). The summed E-state index contributed by atoms with van der Waals surface area (Å²) in [4.78, 5) is 19.1. The van der Waals surface area contributed by atoms with Crippen molar-refractivity contribution in [1.82, 2.24) is 4.57 Å². The molecule has 0 spiro atoms. The average Bonchev–Trinajstić information content (AvgIpc) is 3.33. The minimum absolute atomic E-state index is 0.0330. The van der Waals surface area contributed by atoms with Crippen LogP contribution in [0.2, 0.25) is 0 Å². The average molecular weight is 353 g/mol. The lowest BCUT2D eigenvalue weighted by molar-refractivity contribution is 0.0997. The number of aromatic nitrogens is 1. The minimum Gasteiger partial charge on any atom is -0.320 e. The molecule has 1 aliphatic carbocycles. The van der Waals surface area contributed by atoms with Gasteiger partial charge in [-0.05, 0) is 55.4 Å². The van der Waals surface area contributed by atoms with E-state index in [0.717, 1.165) is 11.3 Å². The van der Waals surface area contributed by atoms with Crippen LogP contribution in [0.25, 0.3) is 0 Å². The summed E-state index contributed by atoms with van der Waals surface area (Å²) >= 11 is 1.62. The molecule has 1 fully saturated rings. The Balaban J connectivity index is 2.02. The molecular weight excluding hydrogens is 330 g/mol. The highest BCUT2D eigenvalue weighted by Crippen LogP contribution is 2.33. The van der Waals surface area contributed by atoms with E-state index in [1.54, 1.807) is 35.6 Å². The third-order valence-corrected chi connectivity index (χ3v) is 6.04. The van der Waals surface area contributed by atoms with Gasteiger partial charge in [0.15, 0.2) is 4.80 Å². The van der Waals surface area contributed by atoms with E-state index in [2.05, 4.69) is 43.3 Å². The van der Waals surface area contributed by atoms with E-state index in [0.29, 0.717) is 17.0 Å². The first kappa shape index (κ1) is 17.6. The summed E-state index contributed by atoms with van der Waals surface area (Å²) in [7, 11) is 0. The fourth-order valence-corrected chi connectivity index (χ4v) is 4.07. The van der Waals surface area contributed by atoms with Crippen LogP contribution in [-0.2, 0) is 12.0 Å². The molecule has 1 saturated carbocycles. The standard InChI is InChI=1S/C20H23N3OS/c1-13-17(20(2,3)4)25-19(23(13)12-15-5-6-15)22-18(24)16-9-7-14(11-21)8-10-16/h7-10,15H,5-6,12H2,1-4H3. The Morgan fingerprint density at radius 1 is 1.32 bits per heavy atom. The number of nitriles is 1. The van der Waals surface area contributed by atoms with Crippen LogP contribution in [0.3, 0.4) is 0 Å². The first-order valence-corrected chi connectivity index (χ1v) is 9.41. The number of rotatable bonds is 3. The molecule has 0 N–H and O–H groups in total. The highest BCUT2D eigenvalue weighted by molar-refractivity contribution is 7.09. The number of hydrogen-bond donors (Lipinski definition) is 0. The fourth-order valence-electron chi connectivity index (χ4n) is 2.88. The van der Waals surface area contributed by atoms with Crippen LogP contribution in [0, 0.1) is 24.2 Å². The van der Waals surface area contributed by atoms with Crippen molar-refractivity contribution in [2.75, 3.05) is 0 Å². The summed E-state index contributed by atoms with van der Waals surface area (Å²) in [5.74, 6) is 0.459. The summed E-state index contributed by atoms with van der Waals surface area (Å²) in [6.45, 7) is 9.65. The molecule has 1 heterocycles. The van der Waals surface area contributed by atoms with Gasteiger partial charge in [0.2, 0.25) is 0 Å². The number of thiazole rings is 1. The molecule has 1 amide bonds. The lowest BCUT2D eigenvalue weighted by atomic mass is 9.93. The molecule has 1 aromatic carbocycles. The van der Waals surface area contributed by atoms with E-state index in [1.807, 2.05) is 0 Å². The van der Waals surface area contributed by atoms with Crippen LogP contribution in [0.5, 0.6) is 0 Å². The van der Waals surface area contributed by atoms with Crippen molar-refractivity contribution in [3.8, 4) is 6.07 Å². The molecule has 0 radical (unpaired) electrons. The van der Waals surface area contributed by atoms with Crippen molar-refractivity contribution < 1.29 is 4.79 Å². The fraction of sp³-hybridized carbons (Fsp3) is 0.450. The quantitative estimate of drug-likeness (QED) is 0.831. The first-order chi connectivity index (χ1) is 11.8. The maximum atomic E-state index is 12.6. The molecule has 2 aromatic rings. The summed E-state index contributed by atoms with van der Waals surface area (Å²) in [6.07, 6.45) is 2.52. The second-order valence-corrected chi connectivity index (χ2v) is 8.69. The lowest BCUT2D eigenvalue weighted by Gasteiger charge is -2.17. The maximum Gasteiger partial charge on any atom is 0.279 e. The van der Waals surface area contributed by atoms with Gasteiger partial charge in [-0.3, -0.25) is 4.79 Å². The van der Waals surface area contributed by atoms with Gasteiger partial charge in [0.05, 0.1) is 11.6 Å². The highest BCUT2D eigenvalue weighted by Gasteiger charge is 2.27. The molecule has 130 valence electrons. The zero-order valence-corrected chi connectivity index (χ0v) is 16.0. The van der Waals surface area contributed by atoms with Gasteiger partial charge in [0, 0.05) is 22.7 Å². The van der Waals surface area contributed by atoms with Gasteiger partial charge in [0.1, 0.15) is 0 Å². The molecule has 25 heavy (non-hydrogen) atoms. The smallest absolute Gasteiger partial charge is 0.279 e. The van der Waals surface area contributed by atoms with Gasteiger partial charge in [0.25, 0.3) is 5.91 Å². The van der Waals surface area contributed by atoms with Gasteiger partial charge in [-0.25, -0.2) is 0 Å². The maximum absolute atomic E-state index is 12.6. The second-order valence-electron chi connectivity index (χ2n) is 7.71. The Morgan fingerprint density at radius 3 is 2.48 bits per heavy atom. The SMILES string of the molecule is Cc1c(C(C)(C)C)sc(=NC(=O)c2ccc(C#N)cc2)n1CC1CC1. The molecule has 0 bridgehead atoms. The van der Waals surface area contributed by atoms with Crippen LogP contribution >= 0.6 is 11.3 Å². The Labute approximate surface area is 152 Å². The molecule has 0 aliphatic heterocycles. The molecule has 4 nitrogen and oxygen atoms in total. The van der Waals surface area contributed by atoms with E-state index in [4.69, 9.17) is 5.26 Å². The zero-order chi connectivity index (χ0) is 18.2. The molecule has 0 saturated heterocycles. The van der Waals surface area contributed by atoms with Gasteiger partial charge >= 0.3 is 0 Å². The predicted octanol–water partition coefficient (Wildman–Crippen LogP) is 4.18. The van der Waals surface area contributed by atoms with Crippen LogP contribution in [-0.4, -0.2) is 10.5 Å². The van der Waals surface area contributed by atoms with E-state index >= 15 is 0 Å². The Kier molecular flexibility index (Phi) is 4.66. The normalized spacial score (nSPS) is 15.2. The number of carbonyl (C=O) groups is 1.